The second-order valence-electron chi connectivity index (χ2n) is 6.85. The topological polar surface area (TPSA) is 29.0 Å². The van der Waals surface area contributed by atoms with Crippen molar-refractivity contribution in [1.82, 2.24) is 14.9 Å². The van der Waals surface area contributed by atoms with Gasteiger partial charge in [-0.3, -0.25) is 14.9 Å². The van der Waals surface area contributed by atoms with Crippen LogP contribution < -0.4 is 0 Å². The van der Waals surface area contributed by atoms with Gasteiger partial charge in [0.15, 0.2) is 0 Å². The van der Waals surface area contributed by atoms with Crippen LogP contribution in [-0.4, -0.2) is 28.0 Å². The highest BCUT2D eigenvalue weighted by molar-refractivity contribution is 5.59. The second kappa shape index (κ2) is 7.75. The number of halogens is 1. The molecular formula is C22H22FN3. The summed E-state index contributed by atoms with van der Waals surface area (Å²) in [6.45, 7) is 2.98. The predicted molar refractivity (Wildman–Crippen MR) is 101 cm³/mol. The van der Waals surface area contributed by atoms with Gasteiger partial charge in [0.25, 0.3) is 0 Å². The van der Waals surface area contributed by atoms with Crippen LogP contribution in [0.25, 0.3) is 11.3 Å². The van der Waals surface area contributed by atoms with Crippen molar-refractivity contribution in [3.8, 4) is 11.3 Å². The minimum absolute atomic E-state index is 0.220. The zero-order valence-corrected chi connectivity index (χ0v) is 14.7. The number of pyridine rings is 2. The Labute approximate surface area is 153 Å². The molecule has 0 amide bonds. The molecule has 1 aliphatic heterocycles. The number of likely N-dealkylation sites (tertiary alicyclic amines) is 1. The quantitative estimate of drug-likeness (QED) is 0.687. The molecule has 1 atom stereocenters. The largest absolute Gasteiger partial charge is 0.297 e. The summed E-state index contributed by atoms with van der Waals surface area (Å²) >= 11 is 0. The molecule has 3 nitrogen and oxygen atoms in total. The van der Waals surface area contributed by atoms with E-state index in [9.17, 15) is 4.39 Å². The van der Waals surface area contributed by atoms with Gasteiger partial charge in [-0.25, -0.2) is 4.39 Å². The van der Waals surface area contributed by atoms with E-state index in [2.05, 4.69) is 28.1 Å². The van der Waals surface area contributed by atoms with Gasteiger partial charge < -0.3 is 0 Å². The fourth-order valence-electron chi connectivity index (χ4n) is 3.62. The predicted octanol–water partition coefficient (Wildman–Crippen LogP) is 4.66. The third-order valence-corrected chi connectivity index (χ3v) is 4.95. The first-order valence-corrected chi connectivity index (χ1v) is 9.13. The van der Waals surface area contributed by atoms with Gasteiger partial charge in [-0.05, 0) is 67.9 Å². The summed E-state index contributed by atoms with van der Waals surface area (Å²) in [5.74, 6) is 0.204. The average Bonchev–Trinajstić information content (AvgIpc) is 2.70. The van der Waals surface area contributed by atoms with Crippen molar-refractivity contribution >= 4 is 0 Å². The SMILES string of the molecule is Fc1ccc(-c2cccc([C@@H]3CCCN(Cc4ccccn4)C3)n2)cc1. The van der Waals surface area contributed by atoms with Gasteiger partial charge in [0.05, 0.1) is 11.4 Å². The summed E-state index contributed by atoms with van der Waals surface area (Å²) in [6, 6.07) is 18.8. The molecule has 1 fully saturated rings. The van der Waals surface area contributed by atoms with E-state index in [1.165, 1.54) is 18.6 Å². The van der Waals surface area contributed by atoms with E-state index in [1.807, 2.05) is 24.4 Å². The van der Waals surface area contributed by atoms with Crippen molar-refractivity contribution in [2.45, 2.75) is 25.3 Å². The molecule has 0 bridgehead atoms. The summed E-state index contributed by atoms with van der Waals surface area (Å²) in [7, 11) is 0. The highest BCUT2D eigenvalue weighted by Crippen LogP contribution is 2.28. The van der Waals surface area contributed by atoms with E-state index in [1.54, 1.807) is 12.1 Å². The minimum Gasteiger partial charge on any atom is -0.297 e. The van der Waals surface area contributed by atoms with Crippen LogP contribution in [0.15, 0.2) is 66.9 Å². The van der Waals surface area contributed by atoms with Crippen LogP contribution in [0, 0.1) is 5.82 Å². The first-order chi connectivity index (χ1) is 12.8. The molecule has 1 aliphatic rings. The Morgan fingerprint density at radius 1 is 1.00 bits per heavy atom. The molecule has 0 unspecified atom stereocenters. The maximum atomic E-state index is 13.2. The van der Waals surface area contributed by atoms with Gasteiger partial charge in [-0.1, -0.05) is 12.1 Å². The number of benzene rings is 1. The lowest BCUT2D eigenvalue weighted by atomic mass is 9.93. The molecule has 3 heterocycles. The van der Waals surface area contributed by atoms with E-state index in [4.69, 9.17) is 4.98 Å². The van der Waals surface area contributed by atoms with Crippen LogP contribution in [0.1, 0.15) is 30.1 Å². The lowest BCUT2D eigenvalue weighted by molar-refractivity contribution is 0.196. The minimum atomic E-state index is -0.220. The van der Waals surface area contributed by atoms with Crippen molar-refractivity contribution in [3.05, 3.63) is 84.1 Å². The molecule has 132 valence electrons. The van der Waals surface area contributed by atoms with E-state index in [0.717, 1.165) is 48.7 Å². The van der Waals surface area contributed by atoms with Crippen molar-refractivity contribution in [1.29, 1.82) is 0 Å². The molecule has 1 aromatic carbocycles. The van der Waals surface area contributed by atoms with Gasteiger partial charge in [0.1, 0.15) is 5.82 Å². The van der Waals surface area contributed by atoms with E-state index in [0.29, 0.717) is 5.92 Å². The first-order valence-electron chi connectivity index (χ1n) is 9.13. The average molecular weight is 347 g/mol. The maximum Gasteiger partial charge on any atom is 0.123 e. The van der Waals surface area contributed by atoms with Gasteiger partial charge in [-0.15, -0.1) is 0 Å². The summed E-state index contributed by atoms with van der Waals surface area (Å²) < 4.78 is 13.2. The van der Waals surface area contributed by atoms with E-state index >= 15 is 0 Å². The Hall–Kier alpha value is -2.59. The van der Waals surface area contributed by atoms with Gasteiger partial charge in [-0.2, -0.15) is 0 Å². The van der Waals surface area contributed by atoms with Crippen molar-refractivity contribution in [2.24, 2.45) is 0 Å². The van der Waals surface area contributed by atoms with Crippen LogP contribution in [0.3, 0.4) is 0 Å². The number of hydrogen-bond donors (Lipinski definition) is 0. The molecule has 0 N–H and O–H groups in total. The Balaban J connectivity index is 1.50. The molecule has 3 aromatic rings. The van der Waals surface area contributed by atoms with Gasteiger partial charge in [0.2, 0.25) is 0 Å². The summed E-state index contributed by atoms with van der Waals surface area (Å²) in [4.78, 5) is 11.8. The van der Waals surface area contributed by atoms with E-state index < -0.39 is 0 Å². The monoisotopic (exact) mass is 347 g/mol. The Morgan fingerprint density at radius 3 is 2.69 bits per heavy atom. The molecule has 1 saturated heterocycles. The first kappa shape index (κ1) is 16.9. The van der Waals surface area contributed by atoms with Gasteiger partial charge >= 0.3 is 0 Å². The zero-order valence-electron chi connectivity index (χ0n) is 14.7. The zero-order chi connectivity index (χ0) is 17.8. The van der Waals surface area contributed by atoms with Crippen molar-refractivity contribution < 1.29 is 4.39 Å². The van der Waals surface area contributed by atoms with Crippen LogP contribution in [0.5, 0.6) is 0 Å². The smallest absolute Gasteiger partial charge is 0.123 e. The molecule has 2 aromatic heterocycles. The molecule has 0 spiro atoms. The van der Waals surface area contributed by atoms with E-state index in [-0.39, 0.29) is 5.82 Å². The molecule has 26 heavy (non-hydrogen) atoms. The number of aromatic nitrogens is 2. The summed E-state index contributed by atoms with van der Waals surface area (Å²) in [5.41, 5.74) is 4.09. The molecule has 4 heteroatoms. The molecule has 0 saturated carbocycles. The van der Waals surface area contributed by atoms with Crippen LogP contribution >= 0.6 is 0 Å². The van der Waals surface area contributed by atoms with Crippen LogP contribution in [-0.2, 0) is 6.54 Å². The van der Waals surface area contributed by atoms with Crippen LogP contribution in [0.2, 0.25) is 0 Å². The molecular weight excluding hydrogens is 325 g/mol. The normalized spacial score (nSPS) is 18.0. The second-order valence-corrected chi connectivity index (χ2v) is 6.85. The Bertz CT molecular complexity index is 849. The third-order valence-electron chi connectivity index (χ3n) is 4.95. The summed E-state index contributed by atoms with van der Waals surface area (Å²) in [5, 5.41) is 0. The lowest BCUT2D eigenvalue weighted by Crippen LogP contribution is -2.34. The fourth-order valence-corrected chi connectivity index (χ4v) is 3.62. The highest BCUT2D eigenvalue weighted by Gasteiger charge is 2.23. The molecule has 4 rings (SSSR count). The Morgan fingerprint density at radius 2 is 1.88 bits per heavy atom. The number of rotatable bonds is 4. The lowest BCUT2D eigenvalue weighted by Gasteiger charge is -2.32. The highest BCUT2D eigenvalue weighted by atomic mass is 19.1. The molecule has 0 radical (unpaired) electrons. The standard InChI is InChI=1S/C22H22FN3/c23-19-11-9-17(10-12-19)21-7-3-8-22(25-21)18-5-4-14-26(15-18)16-20-6-1-2-13-24-20/h1-3,6-13,18H,4-5,14-16H2/t18-/m1/s1. The van der Waals surface area contributed by atoms with Crippen molar-refractivity contribution in [3.63, 3.8) is 0 Å². The third kappa shape index (κ3) is 3.97. The molecule has 0 aliphatic carbocycles. The summed E-state index contributed by atoms with van der Waals surface area (Å²) in [6.07, 6.45) is 4.17. The van der Waals surface area contributed by atoms with Crippen LogP contribution in [0.4, 0.5) is 4.39 Å². The van der Waals surface area contributed by atoms with Gasteiger partial charge in [0, 0.05) is 36.5 Å². The number of hydrogen-bond acceptors (Lipinski definition) is 3. The number of piperidine rings is 1. The van der Waals surface area contributed by atoms with Crippen molar-refractivity contribution in [2.75, 3.05) is 13.1 Å². The Kier molecular flexibility index (Phi) is 5.02. The fraction of sp³-hybridized carbons (Fsp3) is 0.273. The number of nitrogens with zero attached hydrogens (tertiary/aromatic N) is 3. The maximum absolute atomic E-state index is 13.2.